The van der Waals surface area contributed by atoms with Crippen molar-refractivity contribution < 1.29 is 0 Å². The third kappa shape index (κ3) is 3.22. The number of aromatic nitrogens is 1. The number of nitrogens with zero attached hydrogens (tertiary/aromatic N) is 1. The Kier molecular flexibility index (Phi) is 4.14. The van der Waals surface area contributed by atoms with E-state index in [1.165, 1.54) is 25.7 Å². The van der Waals surface area contributed by atoms with Crippen molar-refractivity contribution in [3.63, 3.8) is 0 Å². The van der Waals surface area contributed by atoms with Gasteiger partial charge >= 0.3 is 0 Å². The molecule has 0 spiro atoms. The number of rotatable bonds is 2. The second-order valence-electron chi connectivity index (χ2n) is 5.42. The second kappa shape index (κ2) is 5.27. The second-order valence-corrected chi connectivity index (χ2v) is 7.19. The maximum absolute atomic E-state index is 4.43. The number of hydrogen-bond acceptors (Lipinski definition) is 2. The van der Waals surface area contributed by atoms with Crippen LogP contribution in [0.4, 0.5) is 5.82 Å². The van der Waals surface area contributed by atoms with Crippen LogP contribution in [-0.4, -0.2) is 11.0 Å². The highest BCUT2D eigenvalue weighted by molar-refractivity contribution is 9.11. The smallest absolute Gasteiger partial charge is 0.140 e. The van der Waals surface area contributed by atoms with Crippen LogP contribution in [0.2, 0.25) is 0 Å². The molecular weight excluding hydrogens is 344 g/mol. The summed E-state index contributed by atoms with van der Waals surface area (Å²) in [4.78, 5) is 4.43. The zero-order valence-corrected chi connectivity index (χ0v) is 13.4. The molecular formula is C13H18Br2N2. The van der Waals surface area contributed by atoms with Crippen LogP contribution in [0, 0.1) is 5.41 Å². The van der Waals surface area contributed by atoms with Gasteiger partial charge in [-0.25, -0.2) is 4.98 Å². The molecule has 0 radical (unpaired) electrons. The average Bonchev–Trinajstić information content (AvgIpc) is 2.24. The highest BCUT2D eigenvalue weighted by Crippen LogP contribution is 2.38. The Morgan fingerprint density at radius 3 is 2.76 bits per heavy atom. The first-order chi connectivity index (χ1) is 7.99. The average molecular weight is 362 g/mol. The van der Waals surface area contributed by atoms with Gasteiger partial charge in [0.1, 0.15) is 5.82 Å². The SMILES string of the molecule is CC1(C)CCCCC1Nc1ncc(Br)cc1Br. The summed E-state index contributed by atoms with van der Waals surface area (Å²) in [6.07, 6.45) is 7.02. The van der Waals surface area contributed by atoms with E-state index >= 15 is 0 Å². The molecule has 2 nitrogen and oxygen atoms in total. The Bertz CT molecular complexity index is 404. The van der Waals surface area contributed by atoms with E-state index < -0.39 is 0 Å². The van der Waals surface area contributed by atoms with E-state index in [9.17, 15) is 0 Å². The van der Waals surface area contributed by atoms with Gasteiger partial charge in [-0.2, -0.15) is 0 Å². The molecule has 94 valence electrons. The zero-order chi connectivity index (χ0) is 12.5. The van der Waals surface area contributed by atoms with E-state index in [1.54, 1.807) is 0 Å². The Morgan fingerprint density at radius 1 is 1.35 bits per heavy atom. The van der Waals surface area contributed by atoms with Crippen molar-refractivity contribution >= 4 is 37.7 Å². The van der Waals surface area contributed by atoms with Crippen molar-refractivity contribution in [1.82, 2.24) is 4.98 Å². The predicted octanol–water partition coefficient (Wildman–Crippen LogP) is 4.99. The molecule has 0 bridgehead atoms. The summed E-state index contributed by atoms with van der Waals surface area (Å²) in [6, 6.07) is 2.55. The molecule has 1 aromatic rings. The van der Waals surface area contributed by atoms with Gasteiger partial charge in [0.25, 0.3) is 0 Å². The molecule has 1 unspecified atom stereocenters. The number of hydrogen-bond donors (Lipinski definition) is 1. The van der Waals surface area contributed by atoms with E-state index in [2.05, 4.69) is 56.0 Å². The Hall–Kier alpha value is -0.0900. The highest BCUT2D eigenvalue weighted by Gasteiger charge is 2.32. The maximum Gasteiger partial charge on any atom is 0.140 e. The van der Waals surface area contributed by atoms with Crippen LogP contribution in [0.1, 0.15) is 39.5 Å². The van der Waals surface area contributed by atoms with Gasteiger partial charge in [-0.3, -0.25) is 0 Å². The van der Waals surface area contributed by atoms with Crippen molar-refractivity contribution in [2.75, 3.05) is 5.32 Å². The van der Waals surface area contributed by atoms with Gasteiger partial charge in [-0.15, -0.1) is 0 Å². The molecule has 1 fully saturated rings. The van der Waals surface area contributed by atoms with Crippen molar-refractivity contribution in [3.8, 4) is 0 Å². The van der Waals surface area contributed by atoms with Gasteiger partial charge in [-0.1, -0.05) is 26.7 Å². The molecule has 17 heavy (non-hydrogen) atoms. The Balaban J connectivity index is 2.14. The minimum atomic E-state index is 0.354. The van der Waals surface area contributed by atoms with E-state index in [1.807, 2.05) is 12.3 Å². The van der Waals surface area contributed by atoms with Crippen molar-refractivity contribution in [2.45, 2.75) is 45.6 Å². The first-order valence-corrected chi connectivity index (χ1v) is 7.65. The van der Waals surface area contributed by atoms with Crippen LogP contribution >= 0.6 is 31.9 Å². The molecule has 1 N–H and O–H groups in total. The topological polar surface area (TPSA) is 24.9 Å². The summed E-state index contributed by atoms with van der Waals surface area (Å²) in [7, 11) is 0. The molecule has 0 aromatic carbocycles. The predicted molar refractivity (Wildman–Crippen MR) is 79.3 cm³/mol. The molecule has 1 aromatic heterocycles. The van der Waals surface area contributed by atoms with E-state index in [4.69, 9.17) is 0 Å². The Labute approximate surface area is 120 Å². The lowest BCUT2D eigenvalue weighted by atomic mass is 9.73. The number of anilines is 1. The summed E-state index contributed by atoms with van der Waals surface area (Å²) in [5.74, 6) is 0.952. The van der Waals surface area contributed by atoms with Gasteiger partial charge in [0.15, 0.2) is 0 Å². The number of nitrogens with one attached hydrogen (secondary N) is 1. The van der Waals surface area contributed by atoms with Crippen molar-refractivity contribution in [3.05, 3.63) is 21.2 Å². The lowest BCUT2D eigenvalue weighted by Gasteiger charge is -2.39. The van der Waals surface area contributed by atoms with E-state index in [0.29, 0.717) is 11.5 Å². The summed E-state index contributed by atoms with van der Waals surface area (Å²) in [6.45, 7) is 4.69. The minimum absolute atomic E-state index is 0.354. The molecule has 1 aliphatic rings. The van der Waals surface area contributed by atoms with E-state index in [-0.39, 0.29) is 0 Å². The van der Waals surface area contributed by atoms with Crippen LogP contribution in [0.25, 0.3) is 0 Å². The van der Waals surface area contributed by atoms with Crippen molar-refractivity contribution in [1.29, 1.82) is 0 Å². The lowest BCUT2D eigenvalue weighted by Crippen LogP contribution is -2.39. The van der Waals surface area contributed by atoms with E-state index in [0.717, 1.165) is 14.8 Å². The quantitative estimate of drug-likeness (QED) is 0.802. The fourth-order valence-electron chi connectivity index (χ4n) is 2.45. The largest absolute Gasteiger partial charge is 0.366 e. The molecule has 1 atom stereocenters. The summed E-state index contributed by atoms with van der Waals surface area (Å²) in [5, 5.41) is 3.59. The number of halogens is 2. The van der Waals surface area contributed by atoms with Gasteiger partial charge < -0.3 is 5.32 Å². The minimum Gasteiger partial charge on any atom is -0.366 e. The van der Waals surface area contributed by atoms with Crippen LogP contribution in [-0.2, 0) is 0 Å². The fourth-order valence-corrected chi connectivity index (χ4v) is 3.55. The van der Waals surface area contributed by atoms with Gasteiger partial charge in [0.2, 0.25) is 0 Å². The lowest BCUT2D eigenvalue weighted by molar-refractivity contribution is 0.216. The monoisotopic (exact) mass is 360 g/mol. The molecule has 1 saturated carbocycles. The molecule has 0 amide bonds. The highest BCUT2D eigenvalue weighted by atomic mass is 79.9. The maximum atomic E-state index is 4.43. The summed E-state index contributed by atoms with van der Waals surface area (Å²) < 4.78 is 2.02. The molecule has 2 rings (SSSR count). The summed E-state index contributed by atoms with van der Waals surface area (Å²) in [5.41, 5.74) is 0.354. The fraction of sp³-hybridized carbons (Fsp3) is 0.615. The van der Waals surface area contributed by atoms with Crippen molar-refractivity contribution in [2.24, 2.45) is 5.41 Å². The zero-order valence-electron chi connectivity index (χ0n) is 10.3. The van der Waals surface area contributed by atoms with Gasteiger partial charge in [0.05, 0.1) is 4.47 Å². The molecule has 1 aliphatic carbocycles. The molecule has 1 heterocycles. The summed E-state index contributed by atoms with van der Waals surface area (Å²) >= 11 is 6.98. The van der Waals surface area contributed by atoms with Gasteiger partial charge in [-0.05, 0) is 56.2 Å². The molecule has 4 heteroatoms. The number of pyridine rings is 1. The Morgan fingerprint density at radius 2 is 2.12 bits per heavy atom. The van der Waals surface area contributed by atoms with Crippen LogP contribution in [0.3, 0.4) is 0 Å². The first-order valence-electron chi connectivity index (χ1n) is 6.06. The van der Waals surface area contributed by atoms with Gasteiger partial charge in [0, 0.05) is 16.7 Å². The molecule has 0 aliphatic heterocycles. The third-order valence-electron chi connectivity index (χ3n) is 3.63. The normalized spacial score (nSPS) is 23.4. The van der Waals surface area contributed by atoms with Crippen LogP contribution in [0.15, 0.2) is 21.2 Å². The van der Waals surface area contributed by atoms with Crippen LogP contribution < -0.4 is 5.32 Å². The molecule has 0 saturated heterocycles. The standard InChI is InChI=1S/C13H18Br2N2/c1-13(2)6-4-3-5-11(13)17-12-10(15)7-9(14)8-16-12/h7-8,11H,3-6H2,1-2H3,(H,16,17). The third-order valence-corrected chi connectivity index (χ3v) is 4.66. The van der Waals surface area contributed by atoms with Crippen LogP contribution in [0.5, 0.6) is 0 Å². The first kappa shape index (κ1) is 13.3.